The number of carbonyl (C=O) groups is 1. The van der Waals surface area contributed by atoms with Crippen molar-refractivity contribution in [3.05, 3.63) is 89.2 Å². The quantitative estimate of drug-likeness (QED) is 0.398. The fourth-order valence-corrected chi connectivity index (χ4v) is 3.98. The Bertz CT molecular complexity index is 1180. The zero-order valence-corrected chi connectivity index (χ0v) is 18.4. The first-order valence-corrected chi connectivity index (χ1v) is 11.0. The second-order valence-corrected chi connectivity index (χ2v) is 8.22. The summed E-state index contributed by atoms with van der Waals surface area (Å²) in [6, 6.07) is 19.3. The number of halogens is 1. The van der Waals surface area contributed by atoms with Gasteiger partial charge >= 0.3 is 0 Å². The second kappa shape index (κ2) is 9.76. The predicted octanol–water partition coefficient (Wildman–Crippen LogP) is 5.08. The van der Waals surface area contributed by atoms with Crippen molar-refractivity contribution in [2.24, 2.45) is 0 Å². The summed E-state index contributed by atoms with van der Waals surface area (Å²) in [4.78, 5) is 16.7. The molecule has 0 aliphatic heterocycles. The molecule has 0 fully saturated rings. The third kappa shape index (κ3) is 5.13. The molecule has 2 aromatic heterocycles. The summed E-state index contributed by atoms with van der Waals surface area (Å²) in [6.45, 7) is 2.47. The standard InChI is InChI=1S/C23H20ClN5OS/c1-16-19(24)10-5-11-20(16)26-21(30)15-31-23-28-27-22(18-9-6-12-25-13-18)29(23)14-17-7-3-2-4-8-17/h2-13H,14-15H2,1H3,(H,26,30). The molecule has 0 bridgehead atoms. The third-order valence-corrected chi connectivity index (χ3v) is 6.07. The Labute approximate surface area is 189 Å². The molecule has 1 N–H and O–H groups in total. The van der Waals surface area contributed by atoms with Gasteiger partial charge < -0.3 is 5.32 Å². The summed E-state index contributed by atoms with van der Waals surface area (Å²) >= 11 is 7.49. The van der Waals surface area contributed by atoms with Gasteiger partial charge in [0.2, 0.25) is 5.91 Å². The van der Waals surface area contributed by atoms with E-state index in [9.17, 15) is 4.79 Å². The van der Waals surface area contributed by atoms with Crippen LogP contribution in [0.2, 0.25) is 5.02 Å². The van der Waals surface area contributed by atoms with Crippen molar-refractivity contribution in [2.75, 3.05) is 11.1 Å². The van der Waals surface area contributed by atoms with Crippen LogP contribution in [-0.4, -0.2) is 31.4 Å². The highest BCUT2D eigenvalue weighted by Crippen LogP contribution is 2.26. The van der Waals surface area contributed by atoms with Gasteiger partial charge in [0, 0.05) is 28.7 Å². The number of amides is 1. The van der Waals surface area contributed by atoms with Gasteiger partial charge in [-0.15, -0.1) is 10.2 Å². The summed E-state index contributed by atoms with van der Waals surface area (Å²) in [5.41, 5.74) is 3.54. The van der Waals surface area contributed by atoms with Crippen molar-refractivity contribution in [3.63, 3.8) is 0 Å². The molecular weight excluding hydrogens is 430 g/mol. The summed E-state index contributed by atoms with van der Waals surface area (Å²) < 4.78 is 2.01. The van der Waals surface area contributed by atoms with E-state index in [0.29, 0.717) is 28.2 Å². The van der Waals surface area contributed by atoms with Gasteiger partial charge in [0.15, 0.2) is 11.0 Å². The zero-order chi connectivity index (χ0) is 21.6. The van der Waals surface area contributed by atoms with E-state index in [4.69, 9.17) is 11.6 Å². The van der Waals surface area contributed by atoms with Gasteiger partial charge in [-0.3, -0.25) is 14.3 Å². The van der Waals surface area contributed by atoms with Crippen LogP contribution in [0.25, 0.3) is 11.4 Å². The van der Waals surface area contributed by atoms with E-state index in [1.165, 1.54) is 11.8 Å². The Balaban J connectivity index is 1.54. The van der Waals surface area contributed by atoms with Crippen LogP contribution in [-0.2, 0) is 11.3 Å². The van der Waals surface area contributed by atoms with Crippen LogP contribution in [0.5, 0.6) is 0 Å². The van der Waals surface area contributed by atoms with E-state index in [2.05, 4.69) is 32.6 Å². The number of hydrogen-bond donors (Lipinski definition) is 1. The molecule has 0 aliphatic rings. The molecule has 31 heavy (non-hydrogen) atoms. The highest BCUT2D eigenvalue weighted by Gasteiger charge is 2.17. The van der Waals surface area contributed by atoms with Crippen LogP contribution in [0.3, 0.4) is 0 Å². The molecule has 156 valence electrons. The molecule has 2 heterocycles. The second-order valence-electron chi connectivity index (χ2n) is 6.87. The number of rotatable bonds is 7. The lowest BCUT2D eigenvalue weighted by Gasteiger charge is -2.11. The minimum Gasteiger partial charge on any atom is -0.325 e. The molecule has 0 unspecified atom stereocenters. The lowest BCUT2D eigenvalue weighted by Crippen LogP contribution is -2.15. The summed E-state index contributed by atoms with van der Waals surface area (Å²) in [5, 5.41) is 12.9. The molecule has 1 amide bonds. The number of nitrogens with zero attached hydrogens (tertiary/aromatic N) is 4. The zero-order valence-electron chi connectivity index (χ0n) is 16.8. The maximum atomic E-state index is 12.6. The van der Waals surface area contributed by atoms with E-state index in [-0.39, 0.29) is 11.7 Å². The third-order valence-electron chi connectivity index (χ3n) is 4.69. The SMILES string of the molecule is Cc1c(Cl)cccc1NC(=O)CSc1nnc(-c2cccnc2)n1Cc1ccccc1. The highest BCUT2D eigenvalue weighted by molar-refractivity contribution is 7.99. The molecule has 8 heteroatoms. The van der Waals surface area contributed by atoms with Gasteiger partial charge in [0.05, 0.1) is 12.3 Å². The molecule has 0 spiro atoms. The van der Waals surface area contributed by atoms with Gasteiger partial charge in [0.1, 0.15) is 0 Å². The van der Waals surface area contributed by atoms with Crippen LogP contribution in [0.15, 0.2) is 78.2 Å². The van der Waals surface area contributed by atoms with Crippen LogP contribution in [0.4, 0.5) is 5.69 Å². The Morgan fingerprint density at radius 2 is 1.90 bits per heavy atom. The Kier molecular flexibility index (Phi) is 6.64. The average molecular weight is 450 g/mol. The summed E-state index contributed by atoms with van der Waals surface area (Å²) in [6.07, 6.45) is 3.48. The van der Waals surface area contributed by atoms with Crippen molar-refractivity contribution >= 4 is 35.0 Å². The van der Waals surface area contributed by atoms with Crippen molar-refractivity contribution in [1.29, 1.82) is 0 Å². The highest BCUT2D eigenvalue weighted by atomic mass is 35.5. The number of anilines is 1. The number of benzene rings is 2. The van der Waals surface area contributed by atoms with Crippen molar-refractivity contribution in [2.45, 2.75) is 18.6 Å². The fourth-order valence-electron chi connectivity index (χ4n) is 3.07. The van der Waals surface area contributed by atoms with Gasteiger partial charge in [-0.05, 0) is 42.3 Å². The maximum absolute atomic E-state index is 12.6. The number of thioether (sulfide) groups is 1. The van der Waals surface area contributed by atoms with Gasteiger partial charge in [-0.25, -0.2) is 0 Å². The van der Waals surface area contributed by atoms with E-state index in [0.717, 1.165) is 16.7 Å². The Hall–Kier alpha value is -3.16. The van der Waals surface area contributed by atoms with Crippen LogP contribution >= 0.6 is 23.4 Å². The van der Waals surface area contributed by atoms with Crippen molar-refractivity contribution in [1.82, 2.24) is 19.7 Å². The van der Waals surface area contributed by atoms with Gasteiger partial charge in [-0.1, -0.05) is 59.8 Å². The number of pyridine rings is 1. The largest absolute Gasteiger partial charge is 0.325 e. The van der Waals surface area contributed by atoms with E-state index in [1.807, 2.05) is 54.0 Å². The Morgan fingerprint density at radius 1 is 1.06 bits per heavy atom. The minimum atomic E-state index is -0.132. The smallest absolute Gasteiger partial charge is 0.234 e. The molecule has 0 radical (unpaired) electrons. The fraction of sp³-hybridized carbons (Fsp3) is 0.130. The lowest BCUT2D eigenvalue weighted by atomic mass is 10.2. The number of nitrogens with one attached hydrogen (secondary N) is 1. The van der Waals surface area contributed by atoms with Crippen LogP contribution < -0.4 is 5.32 Å². The predicted molar refractivity (Wildman–Crippen MR) is 124 cm³/mol. The van der Waals surface area contributed by atoms with E-state index >= 15 is 0 Å². The first-order chi connectivity index (χ1) is 15.1. The van der Waals surface area contributed by atoms with E-state index < -0.39 is 0 Å². The molecule has 2 aromatic carbocycles. The average Bonchev–Trinajstić information content (AvgIpc) is 3.19. The number of aromatic nitrogens is 4. The summed E-state index contributed by atoms with van der Waals surface area (Å²) in [7, 11) is 0. The first-order valence-electron chi connectivity index (χ1n) is 9.67. The molecule has 6 nitrogen and oxygen atoms in total. The normalized spacial score (nSPS) is 10.8. The summed E-state index contributed by atoms with van der Waals surface area (Å²) in [5.74, 6) is 0.782. The monoisotopic (exact) mass is 449 g/mol. The maximum Gasteiger partial charge on any atom is 0.234 e. The van der Waals surface area contributed by atoms with Crippen molar-refractivity contribution in [3.8, 4) is 11.4 Å². The molecule has 4 aromatic rings. The van der Waals surface area contributed by atoms with Crippen LogP contribution in [0, 0.1) is 6.92 Å². The molecule has 0 saturated heterocycles. The van der Waals surface area contributed by atoms with Crippen LogP contribution in [0.1, 0.15) is 11.1 Å². The Morgan fingerprint density at radius 3 is 2.68 bits per heavy atom. The number of carbonyl (C=O) groups excluding carboxylic acids is 1. The first kappa shape index (κ1) is 21.1. The lowest BCUT2D eigenvalue weighted by molar-refractivity contribution is -0.113. The number of hydrogen-bond acceptors (Lipinski definition) is 5. The molecule has 0 aliphatic carbocycles. The van der Waals surface area contributed by atoms with Crippen molar-refractivity contribution < 1.29 is 4.79 Å². The van der Waals surface area contributed by atoms with Gasteiger partial charge in [0.25, 0.3) is 0 Å². The topological polar surface area (TPSA) is 72.7 Å². The molecular formula is C23H20ClN5OS. The molecule has 4 rings (SSSR count). The molecule has 0 atom stereocenters. The van der Waals surface area contributed by atoms with Gasteiger partial charge in [-0.2, -0.15) is 0 Å². The molecule has 0 saturated carbocycles. The van der Waals surface area contributed by atoms with E-state index in [1.54, 1.807) is 18.5 Å². The minimum absolute atomic E-state index is 0.132.